The van der Waals surface area contributed by atoms with Gasteiger partial charge in [0, 0.05) is 6.04 Å². The lowest BCUT2D eigenvalue weighted by atomic mass is 9.92. The Bertz CT molecular complexity index is 387. The molecule has 0 radical (unpaired) electrons. The molecule has 1 N–H and O–H groups in total. The largest absolute Gasteiger partial charge is 0.310 e. The number of rotatable bonds is 2. The average molecular weight is 235 g/mol. The number of fused-ring (bicyclic) bond motifs is 1. The third-order valence-corrected chi connectivity index (χ3v) is 3.50. The first-order valence-electron chi connectivity index (χ1n) is 6.58. The second-order valence-corrected chi connectivity index (χ2v) is 5.71. The Morgan fingerprint density at radius 2 is 2.18 bits per heavy atom. The van der Waals surface area contributed by atoms with Crippen LogP contribution in [0, 0.1) is 17.7 Å². The van der Waals surface area contributed by atoms with Gasteiger partial charge in [0.25, 0.3) is 0 Å². The van der Waals surface area contributed by atoms with E-state index in [0.717, 1.165) is 24.9 Å². The molecule has 1 aromatic rings. The van der Waals surface area contributed by atoms with Crippen LogP contribution in [0.4, 0.5) is 4.39 Å². The van der Waals surface area contributed by atoms with E-state index in [0.29, 0.717) is 17.9 Å². The maximum absolute atomic E-state index is 13.9. The lowest BCUT2D eigenvalue weighted by molar-refractivity contribution is 0.412. The maximum atomic E-state index is 13.9. The first kappa shape index (κ1) is 12.6. The molecule has 1 aromatic carbocycles. The van der Waals surface area contributed by atoms with Crippen molar-refractivity contribution in [3.63, 3.8) is 0 Å². The monoisotopic (exact) mass is 235 g/mol. The SMILES string of the molecule is CC(C)CC1NCC(C)Cc2c(F)cccc21. The molecule has 1 aliphatic rings. The summed E-state index contributed by atoms with van der Waals surface area (Å²) in [6.45, 7) is 7.59. The van der Waals surface area contributed by atoms with E-state index in [9.17, 15) is 4.39 Å². The van der Waals surface area contributed by atoms with Crippen molar-refractivity contribution in [3.05, 3.63) is 35.1 Å². The van der Waals surface area contributed by atoms with E-state index in [1.807, 2.05) is 6.07 Å². The molecule has 2 unspecified atom stereocenters. The number of halogens is 1. The van der Waals surface area contributed by atoms with Crippen LogP contribution < -0.4 is 5.32 Å². The molecule has 94 valence electrons. The lowest BCUT2D eigenvalue weighted by Gasteiger charge is -2.21. The zero-order valence-corrected chi connectivity index (χ0v) is 11.0. The highest BCUT2D eigenvalue weighted by atomic mass is 19.1. The summed E-state index contributed by atoms with van der Waals surface area (Å²) >= 11 is 0. The van der Waals surface area contributed by atoms with Gasteiger partial charge in [-0.05, 0) is 48.4 Å². The van der Waals surface area contributed by atoms with E-state index in [-0.39, 0.29) is 5.82 Å². The fourth-order valence-electron chi connectivity index (χ4n) is 2.67. The Labute approximate surface area is 103 Å². The minimum Gasteiger partial charge on any atom is -0.310 e. The fourth-order valence-corrected chi connectivity index (χ4v) is 2.67. The van der Waals surface area contributed by atoms with Gasteiger partial charge in [0.15, 0.2) is 0 Å². The quantitative estimate of drug-likeness (QED) is 0.824. The molecule has 0 aliphatic carbocycles. The Morgan fingerprint density at radius 1 is 1.41 bits per heavy atom. The number of hydrogen-bond acceptors (Lipinski definition) is 1. The van der Waals surface area contributed by atoms with Gasteiger partial charge >= 0.3 is 0 Å². The zero-order valence-electron chi connectivity index (χ0n) is 11.0. The van der Waals surface area contributed by atoms with Crippen LogP contribution in [0.25, 0.3) is 0 Å². The summed E-state index contributed by atoms with van der Waals surface area (Å²) < 4.78 is 13.9. The normalized spacial score (nSPS) is 24.5. The van der Waals surface area contributed by atoms with Crippen LogP contribution in [-0.2, 0) is 6.42 Å². The third-order valence-electron chi connectivity index (χ3n) is 3.50. The van der Waals surface area contributed by atoms with Crippen molar-refractivity contribution in [3.8, 4) is 0 Å². The first-order valence-corrected chi connectivity index (χ1v) is 6.58. The molecule has 2 heteroatoms. The molecule has 2 rings (SSSR count). The number of benzene rings is 1. The van der Waals surface area contributed by atoms with Crippen LogP contribution >= 0.6 is 0 Å². The van der Waals surface area contributed by atoms with Crippen molar-refractivity contribution >= 4 is 0 Å². The second kappa shape index (κ2) is 5.18. The molecule has 17 heavy (non-hydrogen) atoms. The summed E-state index contributed by atoms with van der Waals surface area (Å²) in [5.74, 6) is 1.09. The first-order chi connectivity index (χ1) is 8.08. The van der Waals surface area contributed by atoms with Crippen LogP contribution in [0.5, 0.6) is 0 Å². The Hall–Kier alpha value is -0.890. The van der Waals surface area contributed by atoms with Gasteiger partial charge in [0.2, 0.25) is 0 Å². The van der Waals surface area contributed by atoms with E-state index in [4.69, 9.17) is 0 Å². The van der Waals surface area contributed by atoms with Crippen LogP contribution in [-0.4, -0.2) is 6.54 Å². The molecule has 0 saturated carbocycles. The van der Waals surface area contributed by atoms with Crippen molar-refractivity contribution in [1.29, 1.82) is 0 Å². The van der Waals surface area contributed by atoms with Gasteiger partial charge in [0.05, 0.1) is 0 Å². The Morgan fingerprint density at radius 3 is 2.88 bits per heavy atom. The van der Waals surface area contributed by atoms with E-state index in [2.05, 4.69) is 32.2 Å². The number of hydrogen-bond donors (Lipinski definition) is 1. The molecule has 2 atom stereocenters. The van der Waals surface area contributed by atoms with Gasteiger partial charge in [-0.2, -0.15) is 0 Å². The summed E-state index contributed by atoms with van der Waals surface area (Å²) in [5.41, 5.74) is 2.10. The molecule has 0 spiro atoms. The van der Waals surface area contributed by atoms with Crippen molar-refractivity contribution in [2.24, 2.45) is 11.8 Å². The molecule has 1 nitrogen and oxygen atoms in total. The summed E-state index contributed by atoms with van der Waals surface area (Å²) in [6, 6.07) is 5.81. The molecule has 0 fully saturated rings. The van der Waals surface area contributed by atoms with E-state index in [1.165, 1.54) is 5.56 Å². The highest BCUT2D eigenvalue weighted by Gasteiger charge is 2.23. The summed E-state index contributed by atoms with van der Waals surface area (Å²) in [6.07, 6.45) is 1.92. The average Bonchev–Trinajstić information content (AvgIpc) is 2.40. The van der Waals surface area contributed by atoms with E-state index >= 15 is 0 Å². The van der Waals surface area contributed by atoms with E-state index in [1.54, 1.807) is 6.07 Å². The molecule has 1 heterocycles. The summed E-state index contributed by atoms with van der Waals surface area (Å²) in [7, 11) is 0. The minimum atomic E-state index is -0.0354. The highest BCUT2D eigenvalue weighted by Crippen LogP contribution is 2.30. The standard InChI is InChI=1S/C15H22FN/c1-10(2)7-15-12-5-4-6-14(16)13(12)8-11(3)9-17-15/h4-6,10-11,15,17H,7-9H2,1-3H3. The predicted octanol–water partition coefficient (Wildman–Crippen LogP) is 3.69. The fraction of sp³-hybridized carbons (Fsp3) is 0.600. The smallest absolute Gasteiger partial charge is 0.126 e. The molecule has 0 saturated heterocycles. The second-order valence-electron chi connectivity index (χ2n) is 5.71. The third kappa shape index (κ3) is 2.86. The van der Waals surface area contributed by atoms with Crippen molar-refractivity contribution < 1.29 is 4.39 Å². The minimum absolute atomic E-state index is 0.0354. The van der Waals surface area contributed by atoms with Crippen molar-refractivity contribution in [2.75, 3.05) is 6.54 Å². The molecular formula is C15H22FN. The van der Waals surface area contributed by atoms with Gasteiger partial charge < -0.3 is 5.32 Å². The van der Waals surface area contributed by atoms with Gasteiger partial charge in [-0.15, -0.1) is 0 Å². The van der Waals surface area contributed by atoms with Crippen molar-refractivity contribution in [2.45, 2.75) is 39.7 Å². The maximum Gasteiger partial charge on any atom is 0.126 e. The summed E-state index contributed by atoms with van der Waals surface area (Å²) in [5, 5.41) is 3.58. The number of nitrogens with one attached hydrogen (secondary N) is 1. The van der Waals surface area contributed by atoms with Gasteiger partial charge in [0.1, 0.15) is 5.82 Å². The van der Waals surface area contributed by atoms with Gasteiger partial charge in [-0.25, -0.2) is 4.39 Å². The van der Waals surface area contributed by atoms with Crippen molar-refractivity contribution in [1.82, 2.24) is 5.32 Å². The van der Waals surface area contributed by atoms with Crippen LogP contribution in [0.3, 0.4) is 0 Å². The van der Waals surface area contributed by atoms with Crippen LogP contribution in [0.2, 0.25) is 0 Å². The predicted molar refractivity (Wildman–Crippen MR) is 69.5 cm³/mol. The van der Waals surface area contributed by atoms with E-state index < -0.39 is 0 Å². The molecule has 0 bridgehead atoms. The van der Waals surface area contributed by atoms with Crippen LogP contribution in [0.15, 0.2) is 18.2 Å². The van der Waals surface area contributed by atoms with Crippen LogP contribution in [0.1, 0.15) is 44.4 Å². The Balaban J connectivity index is 2.36. The lowest BCUT2D eigenvalue weighted by Crippen LogP contribution is -2.25. The highest BCUT2D eigenvalue weighted by molar-refractivity contribution is 5.33. The summed E-state index contributed by atoms with van der Waals surface area (Å²) in [4.78, 5) is 0. The molecule has 0 aromatic heterocycles. The molecule has 0 amide bonds. The Kier molecular flexibility index (Phi) is 3.82. The van der Waals surface area contributed by atoms with Gasteiger partial charge in [-0.3, -0.25) is 0 Å². The molecular weight excluding hydrogens is 213 g/mol. The molecule has 1 aliphatic heterocycles. The zero-order chi connectivity index (χ0) is 12.4. The topological polar surface area (TPSA) is 12.0 Å². The van der Waals surface area contributed by atoms with Gasteiger partial charge in [-0.1, -0.05) is 32.9 Å².